The number of benzene rings is 2. The molecule has 0 aromatic heterocycles. The maximum absolute atomic E-state index is 12.3. The Hall–Kier alpha value is -2.00. The van der Waals surface area contributed by atoms with Gasteiger partial charge in [0, 0.05) is 18.1 Å². The zero-order valence-corrected chi connectivity index (χ0v) is 14.4. The highest BCUT2D eigenvalue weighted by atomic mass is 35.5. The first kappa shape index (κ1) is 16.8. The van der Waals surface area contributed by atoms with Gasteiger partial charge in [0.1, 0.15) is 5.75 Å². The first-order valence-electron chi connectivity index (χ1n) is 8.41. The third-order valence-electron chi connectivity index (χ3n) is 4.51. The second kappa shape index (κ2) is 8.20. The summed E-state index contributed by atoms with van der Waals surface area (Å²) in [6, 6.07) is 17.7. The van der Waals surface area contributed by atoms with E-state index >= 15 is 0 Å². The van der Waals surface area contributed by atoms with Gasteiger partial charge in [0.25, 0.3) is 5.91 Å². The topological polar surface area (TPSA) is 29.5 Å². The largest absolute Gasteiger partial charge is 0.484 e. The average Bonchev–Trinajstić information content (AvgIpc) is 2.62. The predicted molar refractivity (Wildman–Crippen MR) is 96.4 cm³/mol. The molecule has 1 heterocycles. The first-order valence-corrected chi connectivity index (χ1v) is 8.78. The van der Waals surface area contributed by atoms with E-state index in [4.69, 9.17) is 16.3 Å². The van der Waals surface area contributed by atoms with Gasteiger partial charge in [-0.1, -0.05) is 41.9 Å². The fourth-order valence-electron chi connectivity index (χ4n) is 3.10. The van der Waals surface area contributed by atoms with Crippen molar-refractivity contribution in [3.8, 4) is 5.75 Å². The fourth-order valence-corrected chi connectivity index (χ4v) is 3.23. The van der Waals surface area contributed by atoms with Crippen molar-refractivity contribution in [2.45, 2.75) is 19.3 Å². The monoisotopic (exact) mass is 343 g/mol. The van der Waals surface area contributed by atoms with Gasteiger partial charge in [-0.2, -0.15) is 0 Å². The van der Waals surface area contributed by atoms with Gasteiger partial charge in [-0.05, 0) is 55.0 Å². The molecule has 1 saturated heterocycles. The zero-order valence-electron chi connectivity index (χ0n) is 13.7. The molecule has 0 radical (unpaired) electrons. The number of rotatable bonds is 5. The standard InChI is InChI=1S/C20H22ClNO2/c21-18-6-8-19(9-7-18)24-15-20(23)22-12-10-17(11-13-22)14-16-4-2-1-3-5-16/h1-9,17H,10-15H2. The van der Waals surface area contributed by atoms with E-state index in [1.165, 1.54) is 5.56 Å². The molecule has 0 N–H and O–H groups in total. The molecule has 1 aliphatic rings. The summed E-state index contributed by atoms with van der Waals surface area (Å²) >= 11 is 5.84. The van der Waals surface area contributed by atoms with Crippen LogP contribution in [-0.2, 0) is 11.2 Å². The van der Waals surface area contributed by atoms with Gasteiger partial charge in [0.15, 0.2) is 6.61 Å². The minimum Gasteiger partial charge on any atom is -0.484 e. The summed E-state index contributed by atoms with van der Waals surface area (Å²) < 4.78 is 5.55. The summed E-state index contributed by atoms with van der Waals surface area (Å²) in [6.07, 6.45) is 3.22. The lowest BCUT2D eigenvalue weighted by atomic mass is 9.90. The van der Waals surface area contributed by atoms with Gasteiger partial charge >= 0.3 is 0 Å². The SMILES string of the molecule is O=C(COc1ccc(Cl)cc1)N1CCC(Cc2ccccc2)CC1. The van der Waals surface area contributed by atoms with E-state index in [2.05, 4.69) is 24.3 Å². The van der Waals surface area contributed by atoms with Crippen LogP contribution in [0.4, 0.5) is 0 Å². The lowest BCUT2D eigenvalue weighted by Gasteiger charge is -2.32. The Bertz CT molecular complexity index is 649. The second-order valence-electron chi connectivity index (χ2n) is 6.26. The number of likely N-dealkylation sites (tertiary alicyclic amines) is 1. The third kappa shape index (κ3) is 4.75. The molecule has 24 heavy (non-hydrogen) atoms. The fraction of sp³-hybridized carbons (Fsp3) is 0.350. The molecule has 0 saturated carbocycles. The van der Waals surface area contributed by atoms with E-state index < -0.39 is 0 Å². The summed E-state index contributed by atoms with van der Waals surface area (Å²) in [4.78, 5) is 14.2. The lowest BCUT2D eigenvalue weighted by Crippen LogP contribution is -2.41. The van der Waals surface area contributed by atoms with Gasteiger partial charge in [0.05, 0.1) is 0 Å². The van der Waals surface area contributed by atoms with E-state index in [1.807, 2.05) is 11.0 Å². The van der Waals surface area contributed by atoms with Crippen LogP contribution in [0.25, 0.3) is 0 Å². The molecule has 1 fully saturated rings. The summed E-state index contributed by atoms with van der Waals surface area (Å²) in [5.41, 5.74) is 1.38. The molecule has 1 aliphatic heterocycles. The van der Waals surface area contributed by atoms with Gasteiger partial charge in [0.2, 0.25) is 0 Å². The molecule has 2 aromatic carbocycles. The van der Waals surface area contributed by atoms with Crippen molar-refractivity contribution in [3.63, 3.8) is 0 Å². The molecule has 0 aliphatic carbocycles. The van der Waals surface area contributed by atoms with Crippen LogP contribution in [0.5, 0.6) is 5.75 Å². The lowest BCUT2D eigenvalue weighted by molar-refractivity contribution is -0.134. The van der Waals surface area contributed by atoms with Crippen molar-refractivity contribution < 1.29 is 9.53 Å². The number of nitrogens with zero attached hydrogens (tertiary/aromatic N) is 1. The number of hydrogen-bond acceptors (Lipinski definition) is 2. The molecule has 3 rings (SSSR count). The summed E-state index contributed by atoms with van der Waals surface area (Å²) in [5.74, 6) is 1.39. The molecule has 126 valence electrons. The molecule has 2 aromatic rings. The van der Waals surface area contributed by atoms with E-state index in [0.29, 0.717) is 16.7 Å². The highest BCUT2D eigenvalue weighted by Gasteiger charge is 2.23. The molecular formula is C20H22ClNO2. The average molecular weight is 344 g/mol. The Morgan fingerprint density at radius 3 is 2.38 bits per heavy atom. The van der Waals surface area contributed by atoms with Crippen LogP contribution in [0.3, 0.4) is 0 Å². The summed E-state index contributed by atoms with van der Waals surface area (Å²) in [5, 5.41) is 0.661. The van der Waals surface area contributed by atoms with Crippen molar-refractivity contribution in [3.05, 3.63) is 65.2 Å². The number of piperidine rings is 1. The van der Waals surface area contributed by atoms with E-state index in [1.54, 1.807) is 24.3 Å². The molecule has 1 amide bonds. The van der Waals surface area contributed by atoms with Crippen LogP contribution in [0.2, 0.25) is 5.02 Å². The van der Waals surface area contributed by atoms with E-state index in [9.17, 15) is 4.79 Å². The second-order valence-corrected chi connectivity index (χ2v) is 6.69. The Labute approximate surface area is 148 Å². The molecule has 0 bridgehead atoms. The molecule has 4 heteroatoms. The maximum atomic E-state index is 12.3. The summed E-state index contributed by atoms with van der Waals surface area (Å²) in [7, 11) is 0. The van der Waals surface area contributed by atoms with Crippen molar-refractivity contribution in [2.24, 2.45) is 5.92 Å². The van der Waals surface area contributed by atoms with Crippen molar-refractivity contribution in [1.82, 2.24) is 4.90 Å². The van der Waals surface area contributed by atoms with E-state index in [-0.39, 0.29) is 12.5 Å². The zero-order chi connectivity index (χ0) is 16.8. The quantitative estimate of drug-likeness (QED) is 0.814. The van der Waals surface area contributed by atoms with Crippen molar-refractivity contribution >= 4 is 17.5 Å². The number of halogens is 1. The molecular weight excluding hydrogens is 322 g/mol. The van der Waals surface area contributed by atoms with E-state index in [0.717, 1.165) is 32.4 Å². The number of amides is 1. The Balaban J connectivity index is 1.42. The Morgan fingerprint density at radius 1 is 1.04 bits per heavy atom. The molecule has 0 unspecified atom stereocenters. The molecule has 0 atom stereocenters. The van der Waals surface area contributed by atoms with Gasteiger partial charge in [-0.15, -0.1) is 0 Å². The highest BCUT2D eigenvalue weighted by molar-refractivity contribution is 6.30. The molecule has 0 spiro atoms. The van der Waals surface area contributed by atoms with Crippen molar-refractivity contribution in [2.75, 3.05) is 19.7 Å². The van der Waals surface area contributed by atoms with Crippen LogP contribution in [0, 0.1) is 5.92 Å². The normalized spacial score (nSPS) is 15.3. The van der Waals surface area contributed by atoms with Crippen LogP contribution in [-0.4, -0.2) is 30.5 Å². The first-order chi connectivity index (χ1) is 11.7. The molecule has 3 nitrogen and oxygen atoms in total. The van der Waals surface area contributed by atoms with Crippen LogP contribution in [0.15, 0.2) is 54.6 Å². The van der Waals surface area contributed by atoms with Gasteiger partial charge in [-0.25, -0.2) is 0 Å². The Kier molecular flexibility index (Phi) is 5.76. The third-order valence-corrected chi connectivity index (χ3v) is 4.76. The van der Waals surface area contributed by atoms with Crippen LogP contribution >= 0.6 is 11.6 Å². The van der Waals surface area contributed by atoms with Gasteiger partial charge < -0.3 is 9.64 Å². The summed E-state index contributed by atoms with van der Waals surface area (Å²) in [6.45, 7) is 1.73. The minimum absolute atomic E-state index is 0.0584. The number of carbonyl (C=O) groups excluding carboxylic acids is 1. The Morgan fingerprint density at radius 2 is 1.71 bits per heavy atom. The highest BCUT2D eigenvalue weighted by Crippen LogP contribution is 2.22. The minimum atomic E-state index is 0.0584. The number of hydrogen-bond donors (Lipinski definition) is 0. The van der Waals surface area contributed by atoms with Gasteiger partial charge in [-0.3, -0.25) is 4.79 Å². The van der Waals surface area contributed by atoms with Crippen molar-refractivity contribution in [1.29, 1.82) is 0 Å². The van der Waals surface area contributed by atoms with Crippen LogP contribution in [0.1, 0.15) is 18.4 Å². The number of ether oxygens (including phenoxy) is 1. The predicted octanol–water partition coefficient (Wildman–Crippen LogP) is 4.20. The smallest absolute Gasteiger partial charge is 0.260 e. The number of carbonyl (C=O) groups is 1. The maximum Gasteiger partial charge on any atom is 0.260 e. The van der Waals surface area contributed by atoms with Crippen LogP contribution < -0.4 is 4.74 Å².